The van der Waals surface area contributed by atoms with Crippen molar-refractivity contribution in [3.8, 4) is 0 Å². The van der Waals surface area contributed by atoms with Gasteiger partial charge in [0.25, 0.3) is 10.1 Å². The van der Waals surface area contributed by atoms with Gasteiger partial charge < -0.3 is 0 Å². The molecule has 0 radical (unpaired) electrons. The molecule has 0 amide bonds. The minimum Gasteiger partial charge on any atom is -0.269 e. The van der Waals surface area contributed by atoms with Crippen LogP contribution in [0.3, 0.4) is 0 Å². The average Bonchev–Trinajstić information content (AvgIpc) is 2.56. The van der Waals surface area contributed by atoms with Crippen LogP contribution in [0.15, 0.2) is 0 Å². The van der Waals surface area contributed by atoms with E-state index in [1.807, 2.05) is 0 Å². The molecular formula is C13H18F5NO5S. The van der Waals surface area contributed by atoms with Crippen LogP contribution < -0.4 is 0 Å². The summed E-state index contributed by atoms with van der Waals surface area (Å²) in [5.74, 6) is -0.811. The van der Waals surface area contributed by atoms with E-state index in [2.05, 4.69) is 4.18 Å². The Morgan fingerprint density at radius 2 is 1.40 bits per heavy atom. The van der Waals surface area contributed by atoms with Crippen LogP contribution in [-0.2, 0) is 14.3 Å². The highest BCUT2D eigenvalue weighted by molar-refractivity contribution is 7.87. The molecule has 2 fully saturated rings. The normalized spacial score (nSPS) is 42.9. The third-order valence-electron chi connectivity index (χ3n) is 4.76. The molecule has 0 spiro atoms. The smallest absolute Gasteiger partial charge is 0.269 e. The first kappa shape index (κ1) is 20.3. The number of alkyl halides is 5. The number of halogens is 5. The van der Waals surface area contributed by atoms with Crippen LogP contribution in [0.2, 0.25) is 0 Å². The zero-order valence-corrected chi connectivity index (χ0v) is 13.8. The van der Waals surface area contributed by atoms with Gasteiger partial charge in [-0.2, -0.15) is 8.42 Å². The molecule has 6 atom stereocenters. The third-order valence-corrected chi connectivity index (χ3v) is 6.42. The second-order valence-corrected chi connectivity index (χ2v) is 8.13. The van der Waals surface area contributed by atoms with Crippen molar-refractivity contribution < 1.29 is 39.5 Å². The largest absolute Gasteiger partial charge is 0.276 e. The van der Waals surface area contributed by atoms with Gasteiger partial charge in [-0.1, -0.05) is 6.42 Å². The second kappa shape index (κ2) is 7.68. The molecule has 25 heavy (non-hydrogen) atoms. The van der Waals surface area contributed by atoms with Crippen molar-refractivity contribution in [2.75, 3.05) is 6.61 Å². The zero-order chi connectivity index (χ0) is 18.9. The van der Waals surface area contributed by atoms with Crippen LogP contribution in [0.1, 0.15) is 25.7 Å². The maximum Gasteiger partial charge on any atom is 0.276 e. The van der Waals surface area contributed by atoms with E-state index in [0.29, 0.717) is 12.8 Å². The molecule has 2 saturated carbocycles. The van der Waals surface area contributed by atoms with Crippen molar-refractivity contribution in [1.82, 2.24) is 0 Å². The molecule has 6 unspecified atom stereocenters. The molecule has 0 N–H and O–H groups in total. The van der Waals surface area contributed by atoms with Gasteiger partial charge in [0.05, 0.1) is 12.5 Å². The lowest BCUT2D eigenvalue weighted by atomic mass is 9.85. The first-order valence-corrected chi connectivity index (χ1v) is 9.27. The van der Waals surface area contributed by atoms with Crippen LogP contribution in [0.5, 0.6) is 0 Å². The van der Waals surface area contributed by atoms with E-state index >= 15 is 0 Å². The maximum absolute atomic E-state index is 13.8. The summed E-state index contributed by atoms with van der Waals surface area (Å²) in [5.41, 5.74) is 0. The van der Waals surface area contributed by atoms with E-state index in [1.165, 1.54) is 0 Å². The fraction of sp³-hybridized carbons (Fsp3) is 1.00. The highest BCUT2D eigenvalue weighted by Gasteiger charge is 2.59. The van der Waals surface area contributed by atoms with Crippen molar-refractivity contribution in [2.45, 2.75) is 67.8 Å². The Kier molecular flexibility index (Phi) is 6.23. The number of rotatable bonds is 5. The van der Waals surface area contributed by atoms with Crippen molar-refractivity contribution in [3.63, 3.8) is 0 Å². The van der Waals surface area contributed by atoms with Crippen LogP contribution in [0.4, 0.5) is 22.0 Å². The zero-order valence-electron chi connectivity index (χ0n) is 12.9. The second-order valence-electron chi connectivity index (χ2n) is 6.36. The molecule has 6 nitrogen and oxygen atoms in total. The average molecular weight is 395 g/mol. The van der Waals surface area contributed by atoms with Gasteiger partial charge in [-0.05, 0) is 12.8 Å². The summed E-state index contributed by atoms with van der Waals surface area (Å²) in [6.07, 6.45) is -14.1. The molecule has 2 rings (SSSR count). The van der Waals surface area contributed by atoms with Crippen LogP contribution >= 0.6 is 0 Å². The SMILES string of the molecule is O=[N+]([O-])C1CCCCC1COS(=O)(=O)C1C(F)C(F)C(F)C(F)C1F. The van der Waals surface area contributed by atoms with Crippen molar-refractivity contribution in [2.24, 2.45) is 5.92 Å². The molecule has 0 aromatic carbocycles. The monoisotopic (exact) mass is 395 g/mol. The molecule has 2 aliphatic carbocycles. The number of nitrogens with zero attached hydrogens (tertiary/aromatic N) is 1. The van der Waals surface area contributed by atoms with E-state index in [0.717, 1.165) is 0 Å². The van der Waals surface area contributed by atoms with Crippen molar-refractivity contribution in [1.29, 1.82) is 0 Å². The topological polar surface area (TPSA) is 86.5 Å². The Bertz CT molecular complexity index is 577. The fourth-order valence-electron chi connectivity index (χ4n) is 3.30. The van der Waals surface area contributed by atoms with E-state index in [-0.39, 0.29) is 12.8 Å². The van der Waals surface area contributed by atoms with E-state index < -0.39 is 69.7 Å². The lowest BCUT2D eigenvalue weighted by Crippen LogP contribution is -2.59. The summed E-state index contributed by atoms with van der Waals surface area (Å²) >= 11 is 0. The minimum absolute atomic E-state index is 0.199. The summed E-state index contributed by atoms with van der Waals surface area (Å²) in [4.78, 5) is 10.4. The molecule has 2 aliphatic rings. The predicted molar refractivity (Wildman–Crippen MR) is 75.9 cm³/mol. The Balaban J connectivity index is 2.11. The first-order valence-electron chi connectivity index (χ1n) is 7.80. The number of hydrogen-bond donors (Lipinski definition) is 0. The number of hydrogen-bond acceptors (Lipinski definition) is 5. The molecular weight excluding hydrogens is 377 g/mol. The Labute approximate surface area is 141 Å². The molecule has 0 aromatic heterocycles. The van der Waals surface area contributed by atoms with Gasteiger partial charge in [0.2, 0.25) is 6.04 Å². The Morgan fingerprint density at radius 3 is 1.92 bits per heavy atom. The summed E-state index contributed by atoms with van der Waals surface area (Å²) in [6.45, 7) is -0.725. The highest BCUT2D eigenvalue weighted by Crippen LogP contribution is 2.36. The van der Waals surface area contributed by atoms with E-state index in [9.17, 15) is 40.5 Å². The standard InChI is InChI=1S/C13H18F5NO5S/c14-8-9(15)11(17)13(12(18)10(8)16)25(22,23)24-5-6-3-1-2-4-7(6)19(20)21/h6-13H,1-5H2. The molecule has 0 heterocycles. The molecule has 0 saturated heterocycles. The fourth-order valence-corrected chi connectivity index (χ4v) is 4.76. The van der Waals surface area contributed by atoms with Crippen molar-refractivity contribution in [3.05, 3.63) is 10.1 Å². The summed E-state index contributed by atoms with van der Waals surface area (Å²) in [5, 5.41) is 8.10. The third kappa shape index (κ3) is 4.04. The Morgan fingerprint density at radius 1 is 0.920 bits per heavy atom. The lowest BCUT2D eigenvalue weighted by molar-refractivity contribution is -0.536. The van der Waals surface area contributed by atoms with Gasteiger partial charge in [-0.25, -0.2) is 22.0 Å². The summed E-state index contributed by atoms with van der Waals surface area (Å²) in [6, 6.07) is -1.07. The van der Waals surface area contributed by atoms with Gasteiger partial charge >= 0.3 is 0 Å². The van der Waals surface area contributed by atoms with E-state index in [1.54, 1.807) is 0 Å². The molecule has 0 bridgehead atoms. The molecule has 0 aromatic rings. The summed E-state index contributed by atoms with van der Waals surface area (Å²) < 4.78 is 95.9. The van der Waals surface area contributed by atoms with Crippen LogP contribution in [-0.4, -0.2) is 62.1 Å². The molecule has 12 heteroatoms. The highest BCUT2D eigenvalue weighted by atomic mass is 32.2. The minimum atomic E-state index is -5.14. The van der Waals surface area contributed by atoms with Crippen molar-refractivity contribution >= 4 is 10.1 Å². The molecule has 146 valence electrons. The predicted octanol–water partition coefficient (Wildman–Crippen LogP) is 2.24. The quantitative estimate of drug-likeness (QED) is 0.308. The van der Waals surface area contributed by atoms with Gasteiger partial charge in [0, 0.05) is 11.3 Å². The lowest BCUT2D eigenvalue weighted by Gasteiger charge is -2.35. The van der Waals surface area contributed by atoms with Crippen LogP contribution in [0, 0.1) is 16.0 Å². The molecule has 0 aliphatic heterocycles. The van der Waals surface area contributed by atoms with Gasteiger partial charge in [0.15, 0.2) is 36.1 Å². The van der Waals surface area contributed by atoms with Crippen LogP contribution in [0.25, 0.3) is 0 Å². The summed E-state index contributed by atoms with van der Waals surface area (Å²) in [7, 11) is -5.14. The Hall–Kier alpha value is -1.04. The van der Waals surface area contributed by atoms with Gasteiger partial charge in [0.1, 0.15) is 0 Å². The maximum atomic E-state index is 13.8. The first-order chi connectivity index (χ1) is 11.6. The number of nitro groups is 1. The van der Waals surface area contributed by atoms with Gasteiger partial charge in [-0.15, -0.1) is 0 Å². The van der Waals surface area contributed by atoms with Gasteiger partial charge in [-0.3, -0.25) is 14.3 Å². The van der Waals surface area contributed by atoms with E-state index in [4.69, 9.17) is 0 Å².